The molecule has 0 aliphatic carbocycles. The number of hydrogen-bond donors (Lipinski definition) is 2. The third-order valence-electron chi connectivity index (χ3n) is 4.15. The number of sulfone groups is 1. The number of carboxylic acid groups (broad SMARTS) is 1. The van der Waals surface area contributed by atoms with Gasteiger partial charge in [-0.2, -0.15) is 0 Å². The summed E-state index contributed by atoms with van der Waals surface area (Å²) in [5.41, 5.74) is 8.15. The van der Waals surface area contributed by atoms with E-state index in [1.165, 1.54) is 0 Å². The van der Waals surface area contributed by atoms with Gasteiger partial charge in [-0.05, 0) is 29.7 Å². The second kappa shape index (κ2) is 6.89. The molecule has 3 aromatic rings. The van der Waals surface area contributed by atoms with Gasteiger partial charge >= 0.3 is 5.97 Å². The van der Waals surface area contributed by atoms with Gasteiger partial charge in [0.25, 0.3) is 0 Å². The average Bonchev–Trinajstić information content (AvgIpc) is 2.93. The minimum Gasteiger partial charge on any atom is -0.480 e. The van der Waals surface area contributed by atoms with E-state index in [0.29, 0.717) is 16.6 Å². The molecule has 1 heterocycles. The van der Waals surface area contributed by atoms with Crippen molar-refractivity contribution in [3.63, 3.8) is 0 Å². The van der Waals surface area contributed by atoms with Crippen molar-refractivity contribution in [2.45, 2.75) is 23.4 Å². The highest BCUT2D eigenvalue weighted by Crippen LogP contribution is 2.21. The zero-order valence-electron chi connectivity index (χ0n) is 14.2. The number of aryl methyl sites for hydroxylation is 1. The van der Waals surface area contributed by atoms with Crippen LogP contribution in [0.5, 0.6) is 0 Å². The molecule has 1 aromatic heterocycles. The van der Waals surface area contributed by atoms with Gasteiger partial charge in [-0.1, -0.05) is 36.4 Å². The van der Waals surface area contributed by atoms with E-state index in [-0.39, 0.29) is 17.3 Å². The molecule has 0 fully saturated rings. The van der Waals surface area contributed by atoms with Crippen molar-refractivity contribution in [2.24, 2.45) is 12.8 Å². The number of fused-ring (bicyclic) bond motifs is 1. The summed E-state index contributed by atoms with van der Waals surface area (Å²) in [5, 5.41) is 8.92. The molecule has 3 N–H and O–H groups in total. The number of aliphatic carboxylic acids is 1. The zero-order chi connectivity index (χ0) is 18.9. The quantitative estimate of drug-likeness (QED) is 0.677. The normalized spacial score (nSPS) is 13.0. The lowest BCUT2D eigenvalue weighted by Crippen LogP contribution is -2.32. The highest BCUT2D eigenvalue weighted by Gasteiger charge is 2.23. The Bertz CT molecular complexity index is 1070. The summed E-state index contributed by atoms with van der Waals surface area (Å²) >= 11 is 0. The van der Waals surface area contributed by atoms with Crippen molar-refractivity contribution in [3.8, 4) is 0 Å². The molecule has 1 atom stereocenters. The standard InChI is InChI=1S/C18H19N3O4S/c1-21-16-8-3-2-7-15(16)20-18(21)26(24,25)11-13-6-4-5-12(9-13)10-14(19)17(22)23/h2-9,14H,10-11,19H2,1H3,(H,22,23)/t14-/m0/s1. The van der Waals surface area contributed by atoms with Crippen molar-refractivity contribution in [2.75, 3.05) is 0 Å². The van der Waals surface area contributed by atoms with Crippen molar-refractivity contribution >= 4 is 26.8 Å². The molecule has 8 heteroatoms. The van der Waals surface area contributed by atoms with E-state index in [2.05, 4.69) is 4.98 Å². The van der Waals surface area contributed by atoms with Gasteiger partial charge in [0, 0.05) is 7.05 Å². The van der Waals surface area contributed by atoms with Gasteiger partial charge in [0.1, 0.15) is 6.04 Å². The molecule has 0 radical (unpaired) electrons. The van der Waals surface area contributed by atoms with Crippen LogP contribution in [-0.4, -0.2) is 35.1 Å². The number of imidazole rings is 1. The molecule has 0 amide bonds. The maximum Gasteiger partial charge on any atom is 0.320 e. The third-order valence-corrected chi connectivity index (χ3v) is 5.78. The summed E-state index contributed by atoms with van der Waals surface area (Å²) in [6.45, 7) is 0. The van der Waals surface area contributed by atoms with E-state index in [1.54, 1.807) is 48.0 Å². The second-order valence-electron chi connectivity index (χ2n) is 6.17. The van der Waals surface area contributed by atoms with Crippen LogP contribution in [-0.2, 0) is 33.9 Å². The van der Waals surface area contributed by atoms with Crippen LogP contribution in [0.25, 0.3) is 11.0 Å². The van der Waals surface area contributed by atoms with Crippen LogP contribution < -0.4 is 5.73 Å². The maximum atomic E-state index is 12.8. The van der Waals surface area contributed by atoms with E-state index in [9.17, 15) is 13.2 Å². The fourth-order valence-corrected chi connectivity index (χ4v) is 4.37. The second-order valence-corrected chi connectivity index (χ2v) is 8.05. The van der Waals surface area contributed by atoms with Crippen molar-refractivity contribution in [1.82, 2.24) is 9.55 Å². The largest absolute Gasteiger partial charge is 0.480 e. The number of benzene rings is 2. The lowest BCUT2D eigenvalue weighted by molar-refractivity contribution is -0.138. The lowest BCUT2D eigenvalue weighted by Gasteiger charge is -2.09. The molecule has 0 aliphatic rings. The average molecular weight is 373 g/mol. The van der Waals surface area contributed by atoms with E-state index < -0.39 is 21.8 Å². The molecule has 3 rings (SSSR count). The number of carbonyl (C=O) groups is 1. The number of nitrogens with two attached hydrogens (primary N) is 1. The van der Waals surface area contributed by atoms with Gasteiger partial charge in [0.15, 0.2) is 0 Å². The van der Waals surface area contributed by atoms with Gasteiger partial charge in [0.05, 0.1) is 16.8 Å². The van der Waals surface area contributed by atoms with E-state index in [0.717, 1.165) is 5.52 Å². The predicted molar refractivity (Wildman–Crippen MR) is 97.4 cm³/mol. The fourth-order valence-electron chi connectivity index (χ4n) is 2.87. The highest BCUT2D eigenvalue weighted by molar-refractivity contribution is 7.90. The van der Waals surface area contributed by atoms with Crippen molar-refractivity contribution in [1.29, 1.82) is 0 Å². The monoisotopic (exact) mass is 373 g/mol. The van der Waals surface area contributed by atoms with Crippen LogP contribution >= 0.6 is 0 Å². The fraction of sp³-hybridized carbons (Fsp3) is 0.222. The van der Waals surface area contributed by atoms with Crippen molar-refractivity contribution in [3.05, 3.63) is 59.7 Å². The molecular formula is C18H19N3O4S. The Morgan fingerprint density at radius 3 is 2.58 bits per heavy atom. The number of hydrogen-bond acceptors (Lipinski definition) is 5. The first-order chi connectivity index (χ1) is 12.3. The first-order valence-electron chi connectivity index (χ1n) is 7.98. The molecule has 7 nitrogen and oxygen atoms in total. The van der Waals surface area contributed by atoms with Crippen LogP contribution in [0.3, 0.4) is 0 Å². The number of rotatable bonds is 6. The zero-order valence-corrected chi connectivity index (χ0v) is 15.0. The Morgan fingerprint density at radius 2 is 1.88 bits per heavy atom. The molecule has 0 unspecified atom stereocenters. The van der Waals surface area contributed by atoms with Gasteiger partial charge in [-0.25, -0.2) is 13.4 Å². The Morgan fingerprint density at radius 1 is 1.19 bits per heavy atom. The first-order valence-corrected chi connectivity index (χ1v) is 9.63. The molecule has 0 spiro atoms. The number of para-hydroxylation sites is 2. The van der Waals surface area contributed by atoms with E-state index >= 15 is 0 Å². The lowest BCUT2D eigenvalue weighted by atomic mass is 10.0. The number of carboxylic acids is 1. The van der Waals surface area contributed by atoms with Gasteiger partial charge in [-0.3, -0.25) is 4.79 Å². The topological polar surface area (TPSA) is 115 Å². The molecule has 0 aliphatic heterocycles. The van der Waals surface area contributed by atoms with Crippen LogP contribution in [0.4, 0.5) is 0 Å². The summed E-state index contributed by atoms with van der Waals surface area (Å²) in [5.74, 6) is -1.32. The number of aromatic nitrogens is 2. The minimum atomic E-state index is -3.66. The van der Waals surface area contributed by atoms with Crippen molar-refractivity contribution < 1.29 is 18.3 Å². The van der Waals surface area contributed by atoms with Crippen LogP contribution in [0.2, 0.25) is 0 Å². The summed E-state index contributed by atoms with van der Waals surface area (Å²) in [4.78, 5) is 15.1. The predicted octanol–water partition coefficient (Wildman–Crippen LogP) is 1.50. The molecule has 0 bridgehead atoms. The Labute approximate surface area is 151 Å². The molecular weight excluding hydrogens is 354 g/mol. The molecule has 136 valence electrons. The molecule has 2 aromatic carbocycles. The summed E-state index contributed by atoms with van der Waals surface area (Å²) < 4.78 is 27.2. The highest BCUT2D eigenvalue weighted by atomic mass is 32.2. The Kier molecular flexibility index (Phi) is 4.80. The molecule has 0 saturated heterocycles. The Hall–Kier alpha value is -2.71. The summed E-state index contributed by atoms with van der Waals surface area (Å²) in [6.07, 6.45) is 0.134. The van der Waals surface area contributed by atoms with E-state index in [4.69, 9.17) is 10.8 Å². The summed E-state index contributed by atoms with van der Waals surface area (Å²) in [6, 6.07) is 13.0. The molecule has 0 saturated carbocycles. The van der Waals surface area contributed by atoms with Gasteiger partial charge in [-0.15, -0.1) is 0 Å². The third kappa shape index (κ3) is 3.61. The summed E-state index contributed by atoms with van der Waals surface area (Å²) in [7, 11) is -1.99. The molecule has 26 heavy (non-hydrogen) atoms. The SMILES string of the molecule is Cn1c(S(=O)(=O)Cc2cccc(C[C@H](N)C(=O)O)c2)nc2ccccc21. The van der Waals surface area contributed by atoms with Crippen LogP contribution in [0.15, 0.2) is 53.7 Å². The Balaban J connectivity index is 1.89. The first kappa shape index (κ1) is 18.1. The smallest absolute Gasteiger partial charge is 0.320 e. The van der Waals surface area contributed by atoms with Gasteiger partial charge < -0.3 is 15.4 Å². The van der Waals surface area contributed by atoms with Crippen LogP contribution in [0, 0.1) is 0 Å². The van der Waals surface area contributed by atoms with E-state index in [1.807, 2.05) is 12.1 Å². The van der Waals surface area contributed by atoms with Gasteiger partial charge in [0.2, 0.25) is 15.0 Å². The number of nitrogens with zero attached hydrogens (tertiary/aromatic N) is 2. The maximum absolute atomic E-state index is 12.8. The minimum absolute atomic E-state index is 0.00587. The van der Waals surface area contributed by atoms with Crippen LogP contribution in [0.1, 0.15) is 11.1 Å².